The lowest BCUT2D eigenvalue weighted by Crippen LogP contribution is -2.41. The van der Waals surface area contributed by atoms with Crippen LogP contribution in [-0.4, -0.2) is 20.9 Å². The van der Waals surface area contributed by atoms with Crippen LogP contribution in [0.3, 0.4) is 0 Å². The first-order valence-electron chi connectivity index (χ1n) is 11.4. The van der Waals surface area contributed by atoms with Crippen LogP contribution in [0.15, 0.2) is 65.6 Å². The highest BCUT2D eigenvalue weighted by Gasteiger charge is 2.28. The maximum absolute atomic E-state index is 13.6. The van der Waals surface area contributed by atoms with Gasteiger partial charge in [-0.05, 0) is 86.6 Å². The highest BCUT2D eigenvalue weighted by Crippen LogP contribution is 2.29. The van der Waals surface area contributed by atoms with Crippen LogP contribution >= 0.6 is 11.6 Å². The Hall–Kier alpha value is -2.83. The molecule has 3 aromatic carbocycles. The summed E-state index contributed by atoms with van der Waals surface area (Å²) in [5, 5.41) is 3.41. The van der Waals surface area contributed by atoms with Gasteiger partial charge in [-0.2, -0.15) is 0 Å². The molecule has 1 amide bonds. The number of fused-ring (bicyclic) bond motifs is 1. The van der Waals surface area contributed by atoms with Gasteiger partial charge < -0.3 is 5.32 Å². The molecule has 0 saturated carbocycles. The number of hydrogen-bond donors (Lipinski definition) is 1. The second kappa shape index (κ2) is 9.80. The van der Waals surface area contributed by atoms with E-state index in [-0.39, 0.29) is 23.4 Å². The highest BCUT2D eigenvalue weighted by atomic mass is 35.5. The first kappa shape index (κ1) is 24.3. The van der Waals surface area contributed by atoms with Gasteiger partial charge in [0.2, 0.25) is 5.91 Å². The fourth-order valence-electron chi connectivity index (χ4n) is 4.25. The predicted octanol–water partition coefficient (Wildman–Crippen LogP) is 5.52. The SMILES string of the molecule is Cc1ccc(S(=O)(=O)N(CC(=O)NC(C)c2ccc3c(c2)CCC3)c2ccc(C)c(Cl)c2)cc1. The number of aryl methyl sites for hydroxylation is 4. The van der Waals surface area contributed by atoms with Gasteiger partial charge in [-0.3, -0.25) is 9.10 Å². The maximum atomic E-state index is 13.6. The summed E-state index contributed by atoms with van der Waals surface area (Å²) in [4.78, 5) is 13.2. The summed E-state index contributed by atoms with van der Waals surface area (Å²) in [7, 11) is -3.99. The Morgan fingerprint density at radius 3 is 2.41 bits per heavy atom. The average Bonchev–Trinajstić information content (AvgIpc) is 3.27. The summed E-state index contributed by atoms with van der Waals surface area (Å²) in [6.07, 6.45) is 3.31. The Balaban J connectivity index is 1.60. The van der Waals surface area contributed by atoms with Crippen LogP contribution in [0.1, 0.15) is 47.2 Å². The predicted molar refractivity (Wildman–Crippen MR) is 137 cm³/mol. The van der Waals surface area contributed by atoms with E-state index in [1.165, 1.54) is 11.1 Å². The normalized spacial score (nSPS) is 13.9. The minimum Gasteiger partial charge on any atom is -0.348 e. The molecular formula is C27H29ClN2O3S. The first-order valence-corrected chi connectivity index (χ1v) is 13.2. The van der Waals surface area contributed by atoms with E-state index < -0.39 is 10.0 Å². The number of amides is 1. The van der Waals surface area contributed by atoms with Gasteiger partial charge in [0, 0.05) is 5.02 Å². The topological polar surface area (TPSA) is 66.5 Å². The van der Waals surface area contributed by atoms with Crippen molar-refractivity contribution >= 4 is 33.2 Å². The number of anilines is 1. The molecule has 3 aromatic rings. The molecule has 0 aliphatic heterocycles. The number of carbonyl (C=O) groups is 1. The minimum atomic E-state index is -3.99. The zero-order valence-electron chi connectivity index (χ0n) is 19.6. The van der Waals surface area contributed by atoms with Crippen molar-refractivity contribution in [3.05, 3.63) is 93.5 Å². The number of nitrogens with zero attached hydrogens (tertiary/aromatic N) is 1. The van der Waals surface area contributed by atoms with Crippen LogP contribution in [0.2, 0.25) is 5.02 Å². The number of rotatable bonds is 7. The van der Waals surface area contributed by atoms with Crippen molar-refractivity contribution in [2.45, 2.75) is 51.0 Å². The molecule has 5 nitrogen and oxygen atoms in total. The van der Waals surface area contributed by atoms with Gasteiger partial charge in [0.05, 0.1) is 16.6 Å². The number of halogens is 1. The number of benzene rings is 3. The molecule has 7 heteroatoms. The van der Waals surface area contributed by atoms with E-state index in [1.54, 1.807) is 42.5 Å². The van der Waals surface area contributed by atoms with Crippen molar-refractivity contribution in [1.29, 1.82) is 0 Å². The number of carbonyl (C=O) groups excluding carboxylic acids is 1. The Labute approximate surface area is 206 Å². The first-order chi connectivity index (χ1) is 16.1. The third-order valence-corrected chi connectivity index (χ3v) is 8.53. The van der Waals surface area contributed by atoms with Crippen LogP contribution in [0, 0.1) is 13.8 Å². The smallest absolute Gasteiger partial charge is 0.264 e. The fourth-order valence-corrected chi connectivity index (χ4v) is 5.84. The molecule has 178 valence electrons. The molecule has 0 heterocycles. The third-order valence-electron chi connectivity index (χ3n) is 6.34. The van der Waals surface area contributed by atoms with Gasteiger partial charge in [0.15, 0.2) is 0 Å². The van der Waals surface area contributed by atoms with E-state index in [1.807, 2.05) is 26.8 Å². The van der Waals surface area contributed by atoms with Gasteiger partial charge >= 0.3 is 0 Å². The second-order valence-electron chi connectivity index (χ2n) is 8.93. The molecule has 4 rings (SSSR count). The van der Waals surface area contributed by atoms with Gasteiger partial charge in [-0.1, -0.05) is 53.6 Å². The molecule has 0 spiro atoms. The zero-order chi connectivity index (χ0) is 24.5. The van der Waals surface area contributed by atoms with E-state index in [4.69, 9.17) is 11.6 Å². The molecule has 1 unspecified atom stereocenters. The van der Waals surface area contributed by atoms with Crippen molar-refractivity contribution in [3.8, 4) is 0 Å². The number of hydrogen-bond acceptors (Lipinski definition) is 3. The van der Waals surface area contributed by atoms with Crippen LogP contribution in [0.25, 0.3) is 0 Å². The fraction of sp³-hybridized carbons (Fsp3) is 0.296. The van der Waals surface area contributed by atoms with Gasteiger partial charge in [0.25, 0.3) is 10.0 Å². The number of nitrogens with one attached hydrogen (secondary N) is 1. The van der Waals surface area contributed by atoms with Crippen LogP contribution in [0.4, 0.5) is 5.69 Å². The Kier molecular flexibility index (Phi) is 7.01. The van der Waals surface area contributed by atoms with E-state index in [2.05, 4.69) is 17.4 Å². The Bertz CT molecular complexity index is 1320. The van der Waals surface area contributed by atoms with Gasteiger partial charge in [0.1, 0.15) is 6.54 Å². The van der Waals surface area contributed by atoms with E-state index >= 15 is 0 Å². The summed E-state index contributed by atoms with van der Waals surface area (Å²) >= 11 is 6.30. The largest absolute Gasteiger partial charge is 0.348 e. The summed E-state index contributed by atoms with van der Waals surface area (Å²) in [6, 6.07) is 17.7. The molecule has 0 bridgehead atoms. The van der Waals surface area contributed by atoms with Crippen molar-refractivity contribution in [3.63, 3.8) is 0 Å². The standard InChI is InChI=1S/C27H29ClN2O3S/c1-18-7-13-25(14-8-18)34(32,33)30(24-12-9-19(2)26(28)16-24)17-27(31)29-20(3)22-11-10-21-5-4-6-23(21)15-22/h7-16,20H,4-6,17H2,1-3H3,(H,29,31). The molecule has 1 atom stereocenters. The van der Waals surface area contributed by atoms with Gasteiger partial charge in [-0.25, -0.2) is 8.42 Å². The van der Waals surface area contributed by atoms with Crippen molar-refractivity contribution < 1.29 is 13.2 Å². The molecule has 0 aromatic heterocycles. The molecule has 0 radical (unpaired) electrons. The third kappa shape index (κ3) is 5.13. The molecule has 1 aliphatic rings. The van der Waals surface area contributed by atoms with Crippen molar-refractivity contribution in [2.75, 3.05) is 10.8 Å². The zero-order valence-corrected chi connectivity index (χ0v) is 21.2. The summed E-state index contributed by atoms with van der Waals surface area (Å²) in [5.41, 5.74) is 5.83. The van der Waals surface area contributed by atoms with Crippen molar-refractivity contribution in [2.24, 2.45) is 0 Å². The molecule has 0 saturated heterocycles. The highest BCUT2D eigenvalue weighted by molar-refractivity contribution is 7.92. The second-order valence-corrected chi connectivity index (χ2v) is 11.2. The van der Waals surface area contributed by atoms with Gasteiger partial charge in [-0.15, -0.1) is 0 Å². The van der Waals surface area contributed by atoms with Crippen LogP contribution < -0.4 is 9.62 Å². The molecule has 0 fully saturated rings. The van der Waals surface area contributed by atoms with Crippen LogP contribution in [-0.2, 0) is 27.7 Å². The van der Waals surface area contributed by atoms with E-state index in [0.717, 1.165) is 40.3 Å². The summed E-state index contributed by atoms with van der Waals surface area (Å²) < 4.78 is 28.2. The summed E-state index contributed by atoms with van der Waals surface area (Å²) in [6.45, 7) is 5.29. The minimum absolute atomic E-state index is 0.120. The average molecular weight is 497 g/mol. The Morgan fingerprint density at radius 2 is 1.71 bits per heavy atom. The molecule has 1 aliphatic carbocycles. The lowest BCUT2D eigenvalue weighted by Gasteiger charge is -2.25. The lowest BCUT2D eigenvalue weighted by molar-refractivity contribution is -0.120. The monoisotopic (exact) mass is 496 g/mol. The number of sulfonamides is 1. The van der Waals surface area contributed by atoms with Crippen molar-refractivity contribution in [1.82, 2.24) is 5.32 Å². The maximum Gasteiger partial charge on any atom is 0.264 e. The molecule has 34 heavy (non-hydrogen) atoms. The van der Waals surface area contributed by atoms with E-state index in [9.17, 15) is 13.2 Å². The van der Waals surface area contributed by atoms with E-state index in [0.29, 0.717) is 10.7 Å². The summed E-state index contributed by atoms with van der Waals surface area (Å²) in [5.74, 6) is -0.389. The lowest BCUT2D eigenvalue weighted by atomic mass is 10.0. The van der Waals surface area contributed by atoms with Crippen LogP contribution in [0.5, 0.6) is 0 Å². The molecular weight excluding hydrogens is 468 g/mol. The Morgan fingerprint density at radius 1 is 1.00 bits per heavy atom. The quantitative estimate of drug-likeness (QED) is 0.468. The molecule has 1 N–H and O–H groups in total.